The van der Waals surface area contributed by atoms with Crippen LogP contribution in [0.15, 0.2) is 36.4 Å². The van der Waals surface area contributed by atoms with Crippen LogP contribution in [-0.4, -0.2) is 17.1 Å². The number of hydrogen-bond donors (Lipinski definition) is 3. The van der Waals surface area contributed by atoms with E-state index < -0.39 is 12.0 Å². The van der Waals surface area contributed by atoms with Crippen LogP contribution in [0.25, 0.3) is 10.4 Å². The minimum absolute atomic E-state index is 0.0626. The molecule has 18 heavy (non-hydrogen) atoms. The molecule has 2 aromatic rings. The van der Waals surface area contributed by atoms with Gasteiger partial charge in [-0.3, -0.25) is 0 Å². The van der Waals surface area contributed by atoms with Crippen molar-refractivity contribution in [2.45, 2.75) is 0 Å². The maximum Gasteiger partial charge on any atom is 0.348 e. The third-order valence-corrected chi connectivity index (χ3v) is 3.41. The molecule has 0 aliphatic rings. The summed E-state index contributed by atoms with van der Waals surface area (Å²) in [6.45, 7) is 0. The molecule has 1 heterocycles. The lowest BCUT2D eigenvalue weighted by Gasteiger charge is -1.98. The number of carboxylic acid groups (broad SMARTS) is 1. The molecule has 2 amide bonds. The van der Waals surface area contributed by atoms with Gasteiger partial charge in [-0.2, -0.15) is 0 Å². The normalized spacial score (nSPS) is 10.0. The lowest BCUT2D eigenvalue weighted by molar-refractivity contribution is 0.0703. The number of carbonyl (C=O) groups excluding carboxylic acids is 1. The third-order valence-electron chi connectivity index (χ3n) is 2.24. The van der Waals surface area contributed by atoms with Crippen LogP contribution in [0.3, 0.4) is 0 Å². The molecule has 1 aromatic carbocycles. The maximum absolute atomic E-state index is 11.1. The van der Waals surface area contributed by atoms with Crippen LogP contribution in [0.2, 0.25) is 0 Å². The molecule has 0 spiro atoms. The van der Waals surface area contributed by atoms with E-state index in [0.29, 0.717) is 0 Å². The summed E-state index contributed by atoms with van der Waals surface area (Å²) in [6.07, 6.45) is 0. The van der Waals surface area contributed by atoms with E-state index in [2.05, 4.69) is 5.32 Å². The first-order chi connectivity index (χ1) is 8.58. The molecule has 0 saturated carbocycles. The highest BCUT2D eigenvalue weighted by molar-refractivity contribution is 7.18. The molecule has 0 fully saturated rings. The predicted octanol–water partition coefficient (Wildman–Crippen LogP) is 2.60. The molecule has 0 saturated heterocycles. The number of carboxylic acids is 1. The Hall–Kier alpha value is -2.34. The average Bonchev–Trinajstić information content (AvgIpc) is 2.73. The fourth-order valence-corrected chi connectivity index (χ4v) is 2.48. The topological polar surface area (TPSA) is 92.4 Å². The number of amides is 2. The summed E-state index contributed by atoms with van der Waals surface area (Å²) in [4.78, 5) is 22.7. The lowest BCUT2D eigenvalue weighted by Crippen LogP contribution is -2.20. The van der Waals surface area contributed by atoms with Gasteiger partial charge in [-0.05, 0) is 11.6 Å². The predicted molar refractivity (Wildman–Crippen MR) is 69.9 cm³/mol. The van der Waals surface area contributed by atoms with E-state index in [1.807, 2.05) is 30.3 Å². The van der Waals surface area contributed by atoms with Gasteiger partial charge in [0.05, 0.1) is 5.69 Å². The highest BCUT2D eigenvalue weighted by atomic mass is 32.1. The van der Waals surface area contributed by atoms with Crippen LogP contribution >= 0.6 is 11.3 Å². The lowest BCUT2D eigenvalue weighted by atomic mass is 10.2. The Kier molecular flexibility index (Phi) is 3.29. The number of thiophene rings is 1. The number of anilines is 1. The van der Waals surface area contributed by atoms with Crippen LogP contribution < -0.4 is 11.1 Å². The quantitative estimate of drug-likeness (QED) is 0.793. The van der Waals surface area contributed by atoms with Gasteiger partial charge in [0, 0.05) is 4.88 Å². The number of nitrogens with one attached hydrogen (secondary N) is 1. The third kappa shape index (κ3) is 2.49. The van der Waals surface area contributed by atoms with E-state index in [4.69, 9.17) is 10.8 Å². The Morgan fingerprint density at radius 2 is 1.89 bits per heavy atom. The second-order valence-electron chi connectivity index (χ2n) is 3.51. The second kappa shape index (κ2) is 4.89. The number of carbonyl (C=O) groups is 2. The van der Waals surface area contributed by atoms with Gasteiger partial charge >= 0.3 is 12.0 Å². The SMILES string of the molecule is NC(=O)Nc1cc(-c2ccccc2)sc1C(=O)O. The summed E-state index contributed by atoms with van der Waals surface area (Å²) in [5.74, 6) is -1.09. The molecule has 1 aromatic heterocycles. The first kappa shape index (κ1) is 12.1. The van der Waals surface area contributed by atoms with Crippen molar-refractivity contribution >= 4 is 29.0 Å². The Bertz CT molecular complexity index is 593. The largest absolute Gasteiger partial charge is 0.477 e. The zero-order valence-corrected chi connectivity index (χ0v) is 10.0. The van der Waals surface area contributed by atoms with Gasteiger partial charge in [0.25, 0.3) is 0 Å². The van der Waals surface area contributed by atoms with E-state index in [1.54, 1.807) is 6.07 Å². The Labute approximate surface area is 107 Å². The van der Waals surface area contributed by atoms with Gasteiger partial charge in [0.2, 0.25) is 0 Å². The summed E-state index contributed by atoms with van der Waals surface area (Å²) < 4.78 is 0. The van der Waals surface area contributed by atoms with Crippen molar-refractivity contribution in [3.8, 4) is 10.4 Å². The van der Waals surface area contributed by atoms with Gasteiger partial charge in [0.15, 0.2) is 0 Å². The molecule has 0 unspecified atom stereocenters. The molecule has 92 valence electrons. The van der Waals surface area contributed by atoms with E-state index in [9.17, 15) is 9.59 Å². The van der Waals surface area contributed by atoms with E-state index in [-0.39, 0.29) is 10.6 Å². The van der Waals surface area contributed by atoms with Crippen molar-refractivity contribution in [2.24, 2.45) is 5.73 Å². The number of rotatable bonds is 3. The molecule has 0 radical (unpaired) electrons. The van der Waals surface area contributed by atoms with Crippen molar-refractivity contribution in [1.29, 1.82) is 0 Å². The number of hydrogen-bond acceptors (Lipinski definition) is 3. The van der Waals surface area contributed by atoms with Crippen LogP contribution in [-0.2, 0) is 0 Å². The summed E-state index contributed by atoms with van der Waals surface area (Å²) in [5.41, 5.74) is 6.12. The van der Waals surface area contributed by atoms with Crippen molar-refractivity contribution in [3.63, 3.8) is 0 Å². The van der Waals surface area contributed by atoms with Gasteiger partial charge in [-0.25, -0.2) is 9.59 Å². The zero-order valence-electron chi connectivity index (χ0n) is 9.21. The number of nitrogens with two attached hydrogens (primary N) is 1. The summed E-state index contributed by atoms with van der Waals surface area (Å²) in [7, 11) is 0. The van der Waals surface area contributed by atoms with E-state index >= 15 is 0 Å². The summed E-state index contributed by atoms with van der Waals surface area (Å²) >= 11 is 1.09. The fraction of sp³-hybridized carbons (Fsp3) is 0. The minimum atomic E-state index is -1.09. The van der Waals surface area contributed by atoms with Gasteiger partial charge in [0.1, 0.15) is 4.88 Å². The van der Waals surface area contributed by atoms with Gasteiger partial charge < -0.3 is 16.2 Å². The maximum atomic E-state index is 11.1. The molecule has 6 heteroatoms. The first-order valence-corrected chi connectivity index (χ1v) is 5.88. The van der Waals surface area contributed by atoms with Gasteiger partial charge in [-0.15, -0.1) is 11.3 Å². The monoisotopic (exact) mass is 262 g/mol. The standard InChI is InChI=1S/C12H10N2O3S/c13-12(17)14-8-6-9(18-10(8)11(15)16)7-4-2-1-3-5-7/h1-6H,(H,15,16)(H3,13,14,17). The van der Waals surface area contributed by atoms with Gasteiger partial charge in [-0.1, -0.05) is 30.3 Å². The van der Waals surface area contributed by atoms with Crippen molar-refractivity contribution in [2.75, 3.05) is 5.32 Å². The molecule has 0 aliphatic heterocycles. The van der Waals surface area contributed by atoms with Crippen molar-refractivity contribution < 1.29 is 14.7 Å². The number of benzene rings is 1. The highest BCUT2D eigenvalue weighted by Crippen LogP contribution is 2.34. The van der Waals surface area contributed by atoms with Crippen LogP contribution in [0.5, 0.6) is 0 Å². The Morgan fingerprint density at radius 3 is 2.44 bits per heavy atom. The Balaban J connectivity index is 2.45. The zero-order chi connectivity index (χ0) is 13.1. The molecule has 0 bridgehead atoms. The molecule has 4 N–H and O–H groups in total. The van der Waals surface area contributed by atoms with Crippen molar-refractivity contribution in [3.05, 3.63) is 41.3 Å². The highest BCUT2D eigenvalue weighted by Gasteiger charge is 2.17. The van der Waals surface area contributed by atoms with E-state index in [0.717, 1.165) is 21.8 Å². The Morgan fingerprint density at radius 1 is 1.22 bits per heavy atom. The van der Waals surface area contributed by atoms with Crippen LogP contribution in [0.4, 0.5) is 10.5 Å². The van der Waals surface area contributed by atoms with Crippen molar-refractivity contribution in [1.82, 2.24) is 0 Å². The smallest absolute Gasteiger partial charge is 0.348 e. The number of primary amides is 1. The minimum Gasteiger partial charge on any atom is -0.477 e. The molecule has 2 rings (SSSR count). The number of aromatic carboxylic acids is 1. The number of urea groups is 1. The summed E-state index contributed by atoms with van der Waals surface area (Å²) in [5, 5.41) is 11.4. The van der Waals surface area contributed by atoms with Crippen LogP contribution in [0, 0.1) is 0 Å². The summed E-state index contributed by atoms with van der Waals surface area (Å²) in [6, 6.07) is 10.1. The molecular formula is C12H10N2O3S. The molecule has 0 atom stereocenters. The van der Waals surface area contributed by atoms with E-state index in [1.165, 1.54) is 0 Å². The molecular weight excluding hydrogens is 252 g/mol. The average molecular weight is 262 g/mol. The first-order valence-electron chi connectivity index (χ1n) is 5.07. The second-order valence-corrected chi connectivity index (χ2v) is 4.57. The van der Waals surface area contributed by atoms with Crippen LogP contribution in [0.1, 0.15) is 9.67 Å². The molecule has 5 nitrogen and oxygen atoms in total. The fourth-order valence-electron chi connectivity index (χ4n) is 1.52. The molecule has 0 aliphatic carbocycles.